The SMILES string of the molecule is CC(C)CC(CNCc1cccc(F)c1F)N(C)C. The highest BCUT2D eigenvalue weighted by atomic mass is 19.2. The first kappa shape index (κ1) is 16.1. The van der Waals surface area contributed by atoms with Gasteiger partial charge in [0.2, 0.25) is 0 Å². The third-order valence-corrected chi connectivity index (χ3v) is 3.20. The maximum absolute atomic E-state index is 13.5. The molecule has 1 aromatic carbocycles. The van der Waals surface area contributed by atoms with Crippen LogP contribution in [0.3, 0.4) is 0 Å². The Morgan fingerprint density at radius 2 is 1.89 bits per heavy atom. The molecule has 0 aliphatic carbocycles. The zero-order valence-corrected chi connectivity index (χ0v) is 12.2. The van der Waals surface area contributed by atoms with Gasteiger partial charge in [0.25, 0.3) is 0 Å². The predicted octanol–water partition coefficient (Wildman–Crippen LogP) is 3.03. The van der Waals surface area contributed by atoms with Crippen molar-refractivity contribution in [2.24, 2.45) is 5.92 Å². The number of halogens is 2. The van der Waals surface area contributed by atoms with Crippen LogP contribution >= 0.6 is 0 Å². The Morgan fingerprint density at radius 3 is 2.47 bits per heavy atom. The molecule has 4 heteroatoms. The molecule has 1 unspecified atom stereocenters. The van der Waals surface area contributed by atoms with Crippen LogP contribution in [0.1, 0.15) is 25.8 Å². The van der Waals surface area contributed by atoms with Gasteiger partial charge in [0.15, 0.2) is 11.6 Å². The largest absolute Gasteiger partial charge is 0.311 e. The van der Waals surface area contributed by atoms with E-state index in [1.165, 1.54) is 6.07 Å². The van der Waals surface area contributed by atoms with Crippen LogP contribution in [-0.2, 0) is 6.54 Å². The summed E-state index contributed by atoms with van der Waals surface area (Å²) in [6.45, 7) is 5.48. The maximum Gasteiger partial charge on any atom is 0.163 e. The van der Waals surface area contributed by atoms with Crippen LogP contribution in [0.4, 0.5) is 8.78 Å². The first-order valence-electron chi connectivity index (χ1n) is 6.71. The summed E-state index contributed by atoms with van der Waals surface area (Å²) in [6.07, 6.45) is 1.08. The molecule has 108 valence electrons. The molecule has 0 amide bonds. The minimum Gasteiger partial charge on any atom is -0.311 e. The van der Waals surface area contributed by atoms with Gasteiger partial charge >= 0.3 is 0 Å². The van der Waals surface area contributed by atoms with Crippen molar-refractivity contribution < 1.29 is 8.78 Å². The zero-order valence-electron chi connectivity index (χ0n) is 12.2. The first-order valence-corrected chi connectivity index (χ1v) is 6.71. The van der Waals surface area contributed by atoms with E-state index >= 15 is 0 Å². The molecule has 2 nitrogen and oxygen atoms in total. The Kier molecular flexibility index (Phi) is 6.38. The molecule has 0 fully saturated rings. The molecule has 0 radical (unpaired) electrons. The summed E-state index contributed by atoms with van der Waals surface area (Å²) >= 11 is 0. The lowest BCUT2D eigenvalue weighted by molar-refractivity contribution is 0.246. The van der Waals surface area contributed by atoms with Crippen molar-refractivity contribution in [3.8, 4) is 0 Å². The van der Waals surface area contributed by atoms with Crippen molar-refractivity contribution in [2.45, 2.75) is 32.9 Å². The van der Waals surface area contributed by atoms with Gasteiger partial charge in [0.1, 0.15) is 0 Å². The fourth-order valence-corrected chi connectivity index (χ4v) is 2.08. The van der Waals surface area contributed by atoms with Crippen molar-refractivity contribution in [1.82, 2.24) is 10.2 Å². The molecular formula is C15H24F2N2. The fraction of sp³-hybridized carbons (Fsp3) is 0.600. The average molecular weight is 270 g/mol. The Morgan fingerprint density at radius 1 is 1.21 bits per heavy atom. The van der Waals surface area contributed by atoms with Gasteiger partial charge in [-0.1, -0.05) is 26.0 Å². The normalized spacial score (nSPS) is 13.3. The number of hydrogen-bond donors (Lipinski definition) is 1. The van der Waals surface area contributed by atoms with E-state index in [-0.39, 0.29) is 0 Å². The molecule has 1 atom stereocenters. The van der Waals surface area contributed by atoms with Gasteiger partial charge in [-0.05, 0) is 32.5 Å². The van der Waals surface area contributed by atoms with E-state index in [1.54, 1.807) is 6.07 Å². The van der Waals surface area contributed by atoms with Crippen LogP contribution in [0.2, 0.25) is 0 Å². The number of benzene rings is 1. The number of nitrogens with one attached hydrogen (secondary N) is 1. The third kappa shape index (κ3) is 5.25. The molecule has 0 saturated heterocycles. The lowest BCUT2D eigenvalue weighted by Crippen LogP contribution is -2.38. The average Bonchev–Trinajstić information content (AvgIpc) is 2.32. The molecule has 19 heavy (non-hydrogen) atoms. The summed E-state index contributed by atoms with van der Waals surface area (Å²) < 4.78 is 26.5. The number of likely N-dealkylation sites (N-methyl/N-ethyl adjacent to an activating group) is 1. The van der Waals surface area contributed by atoms with E-state index in [1.807, 2.05) is 14.1 Å². The Bertz CT molecular complexity index is 392. The fourth-order valence-electron chi connectivity index (χ4n) is 2.08. The lowest BCUT2D eigenvalue weighted by Gasteiger charge is -2.26. The van der Waals surface area contributed by atoms with E-state index in [9.17, 15) is 8.78 Å². The van der Waals surface area contributed by atoms with E-state index in [2.05, 4.69) is 24.1 Å². The number of nitrogens with zero attached hydrogens (tertiary/aromatic N) is 1. The van der Waals surface area contributed by atoms with E-state index in [0.29, 0.717) is 24.1 Å². The maximum atomic E-state index is 13.5. The molecule has 0 heterocycles. The van der Waals surface area contributed by atoms with Crippen molar-refractivity contribution in [2.75, 3.05) is 20.6 Å². The second-order valence-electron chi connectivity index (χ2n) is 5.59. The van der Waals surface area contributed by atoms with Crippen LogP contribution in [0.25, 0.3) is 0 Å². The molecule has 0 aliphatic heterocycles. The summed E-state index contributed by atoms with van der Waals surface area (Å²) in [5.74, 6) is -0.925. The van der Waals surface area contributed by atoms with Gasteiger partial charge < -0.3 is 10.2 Å². The van der Waals surface area contributed by atoms with Crippen LogP contribution in [0.15, 0.2) is 18.2 Å². The summed E-state index contributed by atoms with van der Waals surface area (Å²) in [5, 5.41) is 3.21. The van der Waals surface area contributed by atoms with Crippen LogP contribution < -0.4 is 5.32 Å². The second-order valence-corrected chi connectivity index (χ2v) is 5.59. The smallest absolute Gasteiger partial charge is 0.163 e. The predicted molar refractivity (Wildman–Crippen MR) is 75.0 cm³/mol. The Hall–Kier alpha value is -1.00. The molecule has 1 N–H and O–H groups in total. The van der Waals surface area contributed by atoms with Crippen molar-refractivity contribution in [1.29, 1.82) is 0 Å². The molecule has 0 aliphatic rings. The molecule has 0 aromatic heterocycles. The van der Waals surface area contributed by atoms with Gasteiger partial charge in [-0.25, -0.2) is 8.78 Å². The van der Waals surface area contributed by atoms with Gasteiger partial charge in [-0.15, -0.1) is 0 Å². The van der Waals surface area contributed by atoms with Crippen LogP contribution in [0, 0.1) is 17.6 Å². The van der Waals surface area contributed by atoms with Crippen LogP contribution in [-0.4, -0.2) is 31.6 Å². The minimum atomic E-state index is -0.786. The Labute approximate surface area is 114 Å². The lowest BCUT2D eigenvalue weighted by atomic mass is 10.0. The number of rotatable bonds is 7. The monoisotopic (exact) mass is 270 g/mol. The van der Waals surface area contributed by atoms with Gasteiger partial charge in [-0.2, -0.15) is 0 Å². The van der Waals surface area contributed by atoms with Crippen molar-refractivity contribution in [3.05, 3.63) is 35.4 Å². The molecule has 0 spiro atoms. The third-order valence-electron chi connectivity index (χ3n) is 3.20. The molecular weight excluding hydrogens is 246 g/mol. The van der Waals surface area contributed by atoms with Gasteiger partial charge in [-0.3, -0.25) is 0 Å². The van der Waals surface area contributed by atoms with Crippen molar-refractivity contribution >= 4 is 0 Å². The van der Waals surface area contributed by atoms with Gasteiger partial charge in [0, 0.05) is 24.7 Å². The quantitative estimate of drug-likeness (QED) is 0.819. The second kappa shape index (κ2) is 7.56. The topological polar surface area (TPSA) is 15.3 Å². The standard InChI is InChI=1S/C15H24F2N2/c1-11(2)8-13(19(3)4)10-18-9-12-6-5-7-14(16)15(12)17/h5-7,11,13,18H,8-10H2,1-4H3. The van der Waals surface area contributed by atoms with E-state index in [4.69, 9.17) is 0 Å². The summed E-state index contributed by atoms with van der Waals surface area (Å²) in [5.41, 5.74) is 0.377. The minimum absolute atomic E-state index is 0.353. The van der Waals surface area contributed by atoms with E-state index in [0.717, 1.165) is 19.0 Å². The first-order chi connectivity index (χ1) is 8.91. The molecule has 1 rings (SSSR count). The molecule has 0 saturated carbocycles. The summed E-state index contributed by atoms with van der Waals surface area (Å²) in [4.78, 5) is 2.16. The Balaban J connectivity index is 2.50. The highest BCUT2D eigenvalue weighted by molar-refractivity contribution is 5.18. The molecule has 0 bridgehead atoms. The summed E-state index contributed by atoms with van der Waals surface area (Å²) in [6, 6.07) is 4.68. The molecule has 1 aromatic rings. The van der Waals surface area contributed by atoms with Gasteiger partial charge in [0.05, 0.1) is 0 Å². The number of hydrogen-bond acceptors (Lipinski definition) is 2. The summed E-state index contributed by atoms with van der Waals surface area (Å²) in [7, 11) is 4.08. The zero-order chi connectivity index (χ0) is 14.4. The van der Waals surface area contributed by atoms with Crippen molar-refractivity contribution in [3.63, 3.8) is 0 Å². The van der Waals surface area contributed by atoms with Crippen LogP contribution in [0.5, 0.6) is 0 Å². The highest BCUT2D eigenvalue weighted by Gasteiger charge is 2.13. The highest BCUT2D eigenvalue weighted by Crippen LogP contribution is 2.12. The van der Waals surface area contributed by atoms with E-state index < -0.39 is 11.6 Å².